The van der Waals surface area contributed by atoms with Gasteiger partial charge in [0.15, 0.2) is 0 Å². The first-order chi connectivity index (χ1) is 4.84. The van der Waals surface area contributed by atoms with Gasteiger partial charge in [-0.3, -0.25) is 0 Å². The number of hydrogen-bond acceptors (Lipinski definition) is 1. The minimum atomic E-state index is 0.197. The van der Waals surface area contributed by atoms with Crippen molar-refractivity contribution < 1.29 is 21.5 Å². The standard InChI is InChI=1S/C7H12IN2/c1-3-4-8-10-6-5-9-7(10)2/h5-6H,3-4H2,1-2H3/q-1. The van der Waals surface area contributed by atoms with Crippen molar-refractivity contribution in [3.05, 3.63) is 18.2 Å². The van der Waals surface area contributed by atoms with E-state index < -0.39 is 0 Å². The molecule has 1 aromatic heterocycles. The van der Waals surface area contributed by atoms with E-state index in [0.29, 0.717) is 0 Å². The summed E-state index contributed by atoms with van der Waals surface area (Å²) in [4.78, 5) is 4.16. The fraction of sp³-hybridized carbons (Fsp3) is 0.571. The van der Waals surface area contributed by atoms with Crippen molar-refractivity contribution in [1.82, 2.24) is 7.76 Å². The van der Waals surface area contributed by atoms with Gasteiger partial charge in [-0.2, -0.15) is 0 Å². The van der Waals surface area contributed by atoms with Crippen LogP contribution >= 0.6 is 0 Å². The normalized spacial score (nSPS) is 10.6. The molecule has 0 atom stereocenters. The summed E-state index contributed by atoms with van der Waals surface area (Å²) in [6.45, 7) is 4.29. The van der Waals surface area contributed by atoms with Crippen molar-refractivity contribution in [2.24, 2.45) is 0 Å². The Bertz CT molecular complexity index is 195. The third-order valence-corrected chi connectivity index (χ3v) is 4.49. The molecule has 0 amide bonds. The van der Waals surface area contributed by atoms with Gasteiger partial charge in [-0.05, 0) is 0 Å². The Hall–Kier alpha value is -0.0600. The topological polar surface area (TPSA) is 17.8 Å². The van der Waals surface area contributed by atoms with E-state index in [1.165, 1.54) is 16.7 Å². The van der Waals surface area contributed by atoms with E-state index in [4.69, 9.17) is 0 Å². The zero-order chi connectivity index (χ0) is 7.40. The summed E-state index contributed by atoms with van der Waals surface area (Å²) in [5, 5.41) is 0. The maximum atomic E-state index is 4.16. The van der Waals surface area contributed by atoms with Crippen LogP contribution in [0.2, 0.25) is 0 Å². The molecule has 0 N–H and O–H groups in total. The number of alkyl halides is 1. The molecule has 0 bridgehead atoms. The van der Waals surface area contributed by atoms with E-state index in [1.54, 1.807) is 0 Å². The second-order valence-corrected chi connectivity index (χ2v) is 4.89. The van der Waals surface area contributed by atoms with Crippen LogP contribution in [0, 0.1) is 6.92 Å². The molecule has 0 fully saturated rings. The van der Waals surface area contributed by atoms with Crippen molar-refractivity contribution in [2.45, 2.75) is 20.3 Å². The van der Waals surface area contributed by atoms with Gasteiger partial charge >= 0.3 is 72.2 Å². The first-order valence-electron chi connectivity index (χ1n) is 3.44. The summed E-state index contributed by atoms with van der Waals surface area (Å²) in [6, 6.07) is 0. The number of nitrogens with zero attached hydrogens (tertiary/aromatic N) is 2. The third kappa shape index (κ3) is 1.97. The molecular formula is C7H12IN2-. The second kappa shape index (κ2) is 3.95. The van der Waals surface area contributed by atoms with Crippen LogP contribution in [-0.4, -0.2) is 12.2 Å². The molecule has 0 aliphatic heterocycles. The summed E-state index contributed by atoms with van der Waals surface area (Å²) < 4.78 is 3.65. The number of imidazole rings is 1. The van der Waals surface area contributed by atoms with Crippen LogP contribution < -0.4 is 21.5 Å². The van der Waals surface area contributed by atoms with Crippen LogP contribution in [0.4, 0.5) is 0 Å². The Morgan fingerprint density at radius 2 is 2.50 bits per heavy atom. The van der Waals surface area contributed by atoms with Crippen molar-refractivity contribution in [3.8, 4) is 0 Å². The van der Waals surface area contributed by atoms with Gasteiger partial charge in [-0.25, -0.2) is 0 Å². The van der Waals surface area contributed by atoms with Gasteiger partial charge in [0.2, 0.25) is 0 Å². The SMILES string of the molecule is CCC[I-]n1ccnc1C. The minimum absolute atomic E-state index is 0.197. The second-order valence-electron chi connectivity index (χ2n) is 2.09. The van der Waals surface area contributed by atoms with Gasteiger partial charge in [0, 0.05) is 0 Å². The van der Waals surface area contributed by atoms with Crippen LogP contribution in [0.1, 0.15) is 19.2 Å². The predicted octanol–water partition coefficient (Wildman–Crippen LogP) is -1.55. The maximum absolute atomic E-state index is 4.16. The molecule has 1 aromatic rings. The van der Waals surface area contributed by atoms with E-state index in [-0.39, 0.29) is 21.5 Å². The molecule has 1 heterocycles. The fourth-order valence-electron chi connectivity index (χ4n) is 0.665. The van der Waals surface area contributed by atoms with E-state index >= 15 is 0 Å². The molecule has 3 heteroatoms. The Labute approximate surface area is 72.3 Å². The number of rotatable bonds is 3. The first kappa shape index (κ1) is 8.04. The van der Waals surface area contributed by atoms with Crippen LogP contribution in [0.5, 0.6) is 0 Å². The molecule has 0 aliphatic rings. The van der Waals surface area contributed by atoms with Crippen LogP contribution in [0.15, 0.2) is 12.4 Å². The summed E-state index contributed by atoms with van der Waals surface area (Å²) in [5.74, 6) is 1.17. The Morgan fingerprint density at radius 1 is 1.70 bits per heavy atom. The summed E-state index contributed by atoms with van der Waals surface area (Å²) in [6.07, 6.45) is 5.26. The first-order valence-corrected chi connectivity index (χ1v) is 5.93. The number of hydrogen-bond donors (Lipinski definition) is 0. The van der Waals surface area contributed by atoms with Gasteiger partial charge in [0.05, 0.1) is 0 Å². The van der Waals surface area contributed by atoms with Gasteiger partial charge in [-0.15, -0.1) is 0 Å². The molecule has 0 spiro atoms. The van der Waals surface area contributed by atoms with Crippen LogP contribution in [0.3, 0.4) is 0 Å². The van der Waals surface area contributed by atoms with E-state index in [0.717, 1.165) is 0 Å². The van der Waals surface area contributed by atoms with E-state index in [9.17, 15) is 0 Å². The van der Waals surface area contributed by atoms with Crippen molar-refractivity contribution in [1.29, 1.82) is 0 Å². The Balaban J connectivity index is 2.49. The molecular weight excluding hydrogens is 239 g/mol. The summed E-state index contributed by atoms with van der Waals surface area (Å²) in [7, 11) is 0. The number of aromatic nitrogens is 2. The quantitative estimate of drug-likeness (QED) is 0.470. The summed E-state index contributed by atoms with van der Waals surface area (Å²) in [5.41, 5.74) is 0. The van der Waals surface area contributed by atoms with Gasteiger partial charge in [-0.1, -0.05) is 0 Å². The average molecular weight is 251 g/mol. The Kier molecular flexibility index (Phi) is 3.18. The molecule has 0 unspecified atom stereocenters. The monoisotopic (exact) mass is 251 g/mol. The van der Waals surface area contributed by atoms with E-state index in [1.807, 2.05) is 6.20 Å². The Morgan fingerprint density at radius 3 is 3.00 bits per heavy atom. The van der Waals surface area contributed by atoms with Crippen LogP contribution in [0.25, 0.3) is 0 Å². The van der Waals surface area contributed by atoms with Gasteiger partial charge in [0.1, 0.15) is 0 Å². The molecule has 1 rings (SSSR count). The number of aryl methyl sites for hydroxylation is 1. The zero-order valence-electron chi connectivity index (χ0n) is 6.34. The molecule has 0 aromatic carbocycles. The third-order valence-electron chi connectivity index (χ3n) is 1.17. The molecule has 58 valence electrons. The zero-order valence-corrected chi connectivity index (χ0v) is 8.50. The van der Waals surface area contributed by atoms with E-state index in [2.05, 4.69) is 27.8 Å². The average Bonchev–Trinajstić information content (AvgIpc) is 2.31. The molecule has 0 saturated carbocycles. The molecule has 0 saturated heterocycles. The van der Waals surface area contributed by atoms with Gasteiger partial charge < -0.3 is 0 Å². The number of halogens is 1. The fourth-order valence-corrected chi connectivity index (χ4v) is 2.66. The predicted molar refractivity (Wildman–Crippen MR) is 37.5 cm³/mol. The molecule has 0 radical (unpaired) electrons. The van der Waals surface area contributed by atoms with Crippen molar-refractivity contribution in [3.63, 3.8) is 0 Å². The van der Waals surface area contributed by atoms with Crippen molar-refractivity contribution >= 4 is 0 Å². The molecule has 0 aliphatic carbocycles. The molecule has 2 nitrogen and oxygen atoms in total. The van der Waals surface area contributed by atoms with Crippen molar-refractivity contribution in [2.75, 3.05) is 4.43 Å². The van der Waals surface area contributed by atoms with Gasteiger partial charge in [0.25, 0.3) is 0 Å². The molecule has 10 heavy (non-hydrogen) atoms. The van der Waals surface area contributed by atoms with Crippen LogP contribution in [-0.2, 0) is 0 Å². The summed E-state index contributed by atoms with van der Waals surface area (Å²) >= 11 is 0.197.